The van der Waals surface area contributed by atoms with Crippen molar-refractivity contribution < 1.29 is 9.47 Å². The van der Waals surface area contributed by atoms with E-state index in [1.807, 2.05) is 0 Å². The predicted octanol–water partition coefficient (Wildman–Crippen LogP) is 7.50. The third-order valence-corrected chi connectivity index (χ3v) is 8.02. The molecule has 1 saturated heterocycles. The molecule has 4 heteroatoms. The summed E-state index contributed by atoms with van der Waals surface area (Å²) in [6.07, 6.45) is 15.1. The lowest BCUT2D eigenvalue weighted by molar-refractivity contribution is -0.152. The molecule has 0 spiro atoms. The first-order chi connectivity index (χ1) is 12.7. The molecule has 162 valence electrons. The van der Waals surface area contributed by atoms with Crippen molar-refractivity contribution in [3.63, 3.8) is 0 Å². The molecule has 0 amide bonds. The van der Waals surface area contributed by atoms with Gasteiger partial charge in [0, 0.05) is 10.3 Å². The molecule has 27 heavy (non-hydrogen) atoms. The summed E-state index contributed by atoms with van der Waals surface area (Å²) in [5, 5.41) is 0.232. The zero-order valence-corrected chi connectivity index (χ0v) is 21.4. The van der Waals surface area contributed by atoms with Crippen LogP contribution in [0.4, 0.5) is 0 Å². The van der Waals surface area contributed by atoms with Crippen molar-refractivity contribution in [2.45, 2.75) is 147 Å². The Morgan fingerprint density at radius 1 is 0.630 bits per heavy atom. The van der Waals surface area contributed by atoms with Gasteiger partial charge in [-0.15, -0.1) is 18.5 Å². The Labute approximate surface area is 175 Å². The van der Waals surface area contributed by atoms with E-state index in [4.69, 9.17) is 9.47 Å². The lowest BCUT2D eigenvalue weighted by atomic mass is 9.79. The average molecular weight is 419 g/mol. The minimum Gasteiger partial charge on any atom is -0.344 e. The molecule has 0 N–H and O–H groups in total. The highest BCUT2D eigenvalue weighted by Crippen LogP contribution is 2.51. The normalized spacial score (nSPS) is 23.1. The number of rotatable bonds is 14. The van der Waals surface area contributed by atoms with Crippen LogP contribution in [-0.2, 0) is 9.47 Å². The van der Waals surface area contributed by atoms with E-state index in [2.05, 4.69) is 60.0 Å². The topological polar surface area (TPSA) is 18.5 Å². The Bertz CT molecular complexity index is 359. The van der Waals surface area contributed by atoms with E-state index in [1.54, 1.807) is 0 Å². The van der Waals surface area contributed by atoms with Gasteiger partial charge in [0.1, 0.15) is 0 Å². The Morgan fingerprint density at radius 3 is 1.11 bits per heavy atom. The van der Waals surface area contributed by atoms with Gasteiger partial charge in [0.2, 0.25) is 0 Å². The highest BCUT2D eigenvalue weighted by molar-refractivity contribution is 7.19. The van der Waals surface area contributed by atoms with Crippen LogP contribution < -0.4 is 0 Å². The van der Waals surface area contributed by atoms with Crippen molar-refractivity contribution in [3.05, 3.63) is 0 Å². The van der Waals surface area contributed by atoms with E-state index >= 15 is 0 Å². The molecule has 0 bridgehead atoms. The number of ether oxygens (including phenoxy) is 2. The van der Waals surface area contributed by atoms with Gasteiger partial charge in [0.25, 0.3) is 0 Å². The molecule has 0 aromatic heterocycles. The van der Waals surface area contributed by atoms with Crippen LogP contribution in [-0.4, -0.2) is 28.3 Å². The van der Waals surface area contributed by atoms with Crippen LogP contribution >= 0.6 is 18.5 Å². The van der Waals surface area contributed by atoms with Crippen molar-refractivity contribution in [1.29, 1.82) is 0 Å². The minimum absolute atomic E-state index is 0.116. The molecule has 4 unspecified atom stereocenters. The monoisotopic (exact) mass is 418 g/mol. The molecule has 1 heterocycles. The van der Waals surface area contributed by atoms with Gasteiger partial charge in [-0.25, -0.2) is 0 Å². The molecule has 0 aromatic rings. The first-order valence-corrected chi connectivity index (χ1v) is 12.8. The summed E-state index contributed by atoms with van der Waals surface area (Å²) in [7, 11) is 6.50. The molecule has 2 nitrogen and oxygen atoms in total. The Hall–Kier alpha value is 0.780. The second-order valence-corrected chi connectivity index (χ2v) is 11.7. The molecule has 1 fully saturated rings. The van der Waals surface area contributed by atoms with Crippen molar-refractivity contribution in [1.82, 2.24) is 0 Å². The van der Waals surface area contributed by atoms with E-state index < -0.39 is 5.79 Å². The maximum atomic E-state index is 6.67. The van der Waals surface area contributed by atoms with Crippen LogP contribution in [0.15, 0.2) is 0 Å². The van der Waals surface area contributed by atoms with E-state index in [-0.39, 0.29) is 22.5 Å². The maximum Gasteiger partial charge on any atom is 0.163 e. The highest BCUT2D eigenvalue weighted by atomic mass is 31.0. The van der Waals surface area contributed by atoms with Crippen LogP contribution in [0.2, 0.25) is 0 Å². The molecule has 1 aliphatic heterocycles. The van der Waals surface area contributed by atoms with E-state index in [1.165, 1.54) is 77.0 Å². The van der Waals surface area contributed by atoms with Crippen molar-refractivity contribution in [2.75, 3.05) is 0 Å². The largest absolute Gasteiger partial charge is 0.344 e. The molecule has 1 aliphatic rings. The fourth-order valence-corrected chi connectivity index (χ4v) is 5.75. The summed E-state index contributed by atoms with van der Waals surface area (Å²) in [4.78, 5) is 0. The molecular weight excluding hydrogens is 370 g/mol. The van der Waals surface area contributed by atoms with Crippen molar-refractivity contribution >= 4 is 18.5 Å². The highest BCUT2D eigenvalue weighted by Gasteiger charge is 2.55. The Morgan fingerprint density at radius 2 is 0.889 bits per heavy atom. The first-order valence-electron chi connectivity index (χ1n) is 11.6. The van der Waals surface area contributed by atoms with Crippen LogP contribution in [0.1, 0.15) is 119 Å². The van der Waals surface area contributed by atoms with Crippen LogP contribution in [0.3, 0.4) is 0 Å². The molecular formula is C23H48O2P2. The van der Waals surface area contributed by atoms with Gasteiger partial charge in [-0.1, -0.05) is 79.1 Å². The molecule has 0 saturated carbocycles. The number of hydrogen-bond donors (Lipinski definition) is 0. The third kappa shape index (κ3) is 7.51. The molecule has 1 rings (SSSR count). The standard InChI is InChI=1S/C23H48O2P2/c1-7-11-15-22(26,16-12-8-2)19-20(25-21(5,6)24-19)23(27,17-13-9-3)18-14-10-4/h19-20H,7-18,26-27H2,1-6H3. The Balaban J connectivity index is 3.20. The van der Waals surface area contributed by atoms with Gasteiger partial charge >= 0.3 is 0 Å². The van der Waals surface area contributed by atoms with Crippen LogP contribution in [0, 0.1) is 0 Å². The summed E-state index contributed by atoms with van der Waals surface area (Å²) in [6, 6.07) is 0. The Kier molecular flexibility index (Phi) is 11.3. The van der Waals surface area contributed by atoms with Crippen LogP contribution in [0.5, 0.6) is 0 Å². The van der Waals surface area contributed by atoms with Crippen LogP contribution in [0.25, 0.3) is 0 Å². The van der Waals surface area contributed by atoms with Crippen molar-refractivity contribution in [3.8, 4) is 0 Å². The van der Waals surface area contributed by atoms with Gasteiger partial charge in [0.05, 0.1) is 12.2 Å². The summed E-state index contributed by atoms with van der Waals surface area (Å²) >= 11 is 0. The van der Waals surface area contributed by atoms with Crippen molar-refractivity contribution in [2.24, 2.45) is 0 Å². The number of hydrogen-bond acceptors (Lipinski definition) is 2. The zero-order valence-electron chi connectivity index (χ0n) is 19.1. The fourth-order valence-electron chi connectivity index (χ4n) is 4.44. The average Bonchev–Trinajstić information content (AvgIpc) is 2.98. The summed E-state index contributed by atoms with van der Waals surface area (Å²) in [6.45, 7) is 13.4. The maximum absolute atomic E-state index is 6.67. The predicted molar refractivity (Wildman–Crippen MR) is 127 cm³/mol. The quantitative estimate of drug-likeness (QED) is 0.272. The first kappa shape index (κ1) is 25.8. The molecule has 0 radical (unpaired) electrons. The SMILES string of the molecule is CCCCC(P)(CCCC)C1OC(C)(C)OC1C(P)(CCCC)CCCC. The molecule has 0 aromatic carbocycles. The fraction of sp³-hybridized carbons (Fsp3) is 1.00. The third-order valence-electron chi connectivity index (χ3n) is 6.21. The molecule has 4 atom stereocenters. The van der Waals surface area contributed by atoms with E-state index in [9.17, 15) is 0 Å². The van der Waals surface area contributed by atoms with E-state index in [0.29, 0.717) is 0 Å². The second-order valence-electron chi connectivity index (χ2n) is 9.36. The zero-order chi connectivity index (χ0) is 20.6. The smallest absolute Gasteiger partial charge is 0.163 e. The lowest BCUT2D eigenvalue weighted by Crippen LogP contribution is -2.51. The summed E-state index contributed by atoms with van der Waals surface area (Å²) in [5.74, 6) is -0.490. The van der Waals surface area contributed by atoms with E-state index in [0.717, 1.165) is 0 Å². The van der Waals surface area contributed by atoms with Gasteiger partial charge in [0.15, 0.2) is 5.79 Å². The van der Waals surface area contributed by atoms with Gasteiger partial charge in [-0.3, -0.25) is 0 Å². The second kappa shape index (κ2) is 11.8. The van der Waals surface area contributed by atoms with Gasteiger partial charge in [-0.05, 0) is 39.5 Å². The van der Waals surface area contributed by atoms with Gasteiger partial charge < -0.3 is 9.47 Å². The lowest BCUT2D eigenvalue weighted by Gasteiger charge is -2.44. The van der Waals surface area contributed by atoms with Gasteiger partial charge in [-0.2, -0.15) is 0 Å². The summed E-state index contributed by atoms with van der Waals surface area (Å²) in [5.41, 5.74) is 0. The summed E-state index contributed by atoms with van der Waals surface area (Å²) < 4.78 is 13.3. The minimum atomic E-state index is -0.490. The molecule has 0 aliphatic carbocycles. The number of unbranched alkanes of at least 4 members (excludes halogenated alkanes) is 4.